The first-order chi connectivity index (χ1) is 23.6. The molecule has 1 aromatic carbocycles. The standard InChI is InChI=1S/C42H53NO7/c1-24(2)12-11-13-26(5)15-17-29-34(44)30(16-14-25(3)4)37-33(35(29)45)36(46)31-22-28-23-32-40(7,8)50-41(38(28)47,42(31,32)49-37)19-18-27(6)39(48)43-20-9-10-21-43/h12,14-15,18,22,28,32,44-45H,9-11,13,16-17,19-21,23H2,1-8H3/b26-15+,27-18-. The Labute approximate surface area is 296 Å². The topological polar surface area (TPSA) is 113 Å². The lowest BCUT2D eigenvalue weighted by Gasteiger charge is -2.56. The molecule has 1 saturated carbocycles. The normalized spacial score (nSPS) is 27.8. The van der Waals surface area contributed by atoms with Gasteiger partial charge in [-0.1, -0.05) is 47.1 Å². The molecule has 0 aromatic heterocycles. The van der Waals surface area contributed by atoms with Crippen LogP contribution in [0.1, 0.15) is 115 Å². The van der Waals surface area contributed by atoms with Crippen LogP contribution >= 0.6 is 0 Å². The number of carbonyl (C=O) groups is 3. The third kappa shape index (κ3) is 5.58. The molecule has 8 heteroatoms. The van der Waals surface area contributed by atoms with Gasteiger partial charge < -0.3 is 24.6 Å². The van der Waals surface area contributed by atoms with E-state index >= 15 is 0 Å². The number of hydrogen-bond donors (Lipinski definition) is 2. The number of Topliss-reactive ketones (excluding diaryl/α,β-unsaturated/α-hetero) is 2. The summed E-state index contributed by atoms with van der Waals surface area (Å²) in [7, 11) is 0. The Bertz CT molecular complexity index is 1790. The number of fused-ring (bicyclic) bond motifs is 1. The van der Waals surface area contributed by atoms with E-state index in [1.54, 1.807) is 19.1 Å². The number of rotatable bonds is 10. The smallest absolute Gasteiger partial charge is 0.249 e. The Kier molecular flexibility index (Phi) is 9.34. The number of aromatic hydroxyl groups is 2. The Hall–Kier alpha value is -3.91. The molecule has 4 unspecified atom stereocenters. The highest BCUT2D eigenvalue weighted by Crippen LogP contribution is 2.68. The van der Waals surface area contributed by atoms with Crippen LogP contribution in [0, 0.1) is 11.8 Å². The van der Waals surface area contributed by atoms with Crippen molar-refractivity contribution in [3.05, 3.63) is 74.9 Å². The Balaban J connectivity index is 1.49. The van der Waals surface area contributed by atoms with E-state index in [2.05, 4.69) is 19.9 Å². The first-order valence-corrected chi connectivity index (χ1v) is 18.2. The van der Waals surface area contributed by atoms with Crippen LogP contribution in [0.4, 0.5) is 0 Å². The predicted octanol–water partition coefficient (Wildman–Crippen LogP) is 7.81. The van der Waals surface area contributed by atoms with Gasteiger partial charge in [0, 0.05) is 53.6 Å². The van der Waals surface area contributed by atoms with Crippen LogP contribution in [0.5, 0.6) is 17.2 Å². The summed E-state index contributed by atoms with van der Waals surface area (Å²) >= 11 is 0. The van der Waals surface area contributed by atoms with E-state index in [1.807, 2.05) is 51.7 Å². The van der Waals surface area contributed by atoms with E-state index < -0.39 is 28.5 Å². The minimum Gasteiger partial charge on any atom is -0.507 e. The molecule has 268 valence electrons. The SMILES string of the molecule is CC(C)=CCC/C(C)=C/Cc1c(O)c(CC=C(C)C)c2c(c1O)C(=O)C1=CC3CC4C(C)(C)OC(C/C=C(/C)C(=O)N5CCCC5)(C3=O)C14O2. The maximum absolute atomic E-state index is 14.9. The van der Waals surface area contributed by atoms with Crippen LogP contribution in [0.3, 0.4) is 0 Å². The summed E-state index contributed by atoms with van der Waals surface area (Å²) in [5.41, 5.74) is 1.00. The van der Waals surface area contributed by atoms with Crippen LogP contribution in [0.25, 0.3) is 0 Å². The van der Waals surface area contributed by atoms with E-state index in [4.69, 9.17) is 9.47 Å². The van der Waals surface area contributed by atoms with Gasteiger partial charge in [-0.25, -0.2) is 0 Å². The molecule has 1 spiro atoms. The number of hydrogen-bond acceptors (Lipinski definition) is 7. The fourth-order valence-corrected chi connectivity index (χ4v) is 8.97. The first kappa shape index (κ1) is 35.9. The molecular weight excluding hydrogens is 630 g/mol. The van der Waals surface area contributed by atoms with Crippen molar-refractivity contribution in [3.63, 3.8) is 0 Å². The number of carbonyl (C=O) groups excluding carboxylic acids is 3. The summed E-state index contributed by atoms with van der Waals surface area (Å²) < 4.78 is 14.0. The highest BCUT2D eigenvalue weighted by molar-refractivity contribution is 6.18. The molecule has 8 nitrogen and oxygen atoms in total. The van der Waals surface area contributed by atoms with Gasteiger partial charge in [0.05, 0.1) is 5.60 Å². The molecule has 7 rings (SSSR count). The summed E-state index contributed by atoms with van der Waals surface area (Å²) in [5, 5.41) is 23.7. The van der Waals surface area contributed by atoms with Crippen LogP contribution in [0.15, 0.2) is 58.2 Å². The van der Waals surface area contributed by atoms with Crippen molar-refractivity contribution >= 4 is 17.5 Å². The molecule has 1 aromatic rings. The molecule has 3 aliphatic heterocycles. The molecule has 50 heavy (non-hydrogen) atoms. The number of allylic oxidation sites excluding steroid dienone is 7. The van der Waals surface area contributed by atoms with Crippen LogP contribution in [-0.2, 0) is 27.2 Å². The summed E-state index contributed by atoms with van der Waals surface area (Å²) in [6, 6.07) is 0. The molecule has 4 atom stereocenters. The molecule has 0 radical (unpaired) electrons. The molecule has 2 saturated heterocycles. The molecule has 3 aliphatic carbocycles. The summed E-state index contributed by atoms with van der Waals surface area (Å²) in [5.74, 6) is -1.88. The van der Waals surface area contributed by atoms with E-state index in [-0.39, 0.29) is 65.2 Å². The third-order valence-corrected chi connectivity index (χ3v) is 11.6. The number of likely N-dealkylation sites (tertiary alicyclic amines) is 1. The predicted molar refractivity (Wildman–Crippen MR) is 193 cm³/mol. The molecule has 6 aliphatic rings. The largest absolute Gasteiger partial charge is 0.507 e. The van der Waals surface area contributed by atoms with Crippen molar-refractivity contribution in [1.29, 1.82) is 0 Å². The zero-order valence-corrected chi connectivity index (χ0v) is 31.0. The van der Waals surface area contributed by atoms with Crippen molar-refractivity contribution < 1.29 is 34.1 Å². The first-order valence-electron chi connectivity index (χ1n) is 18.2. The molecule has 3 heterocycles. The van der Waals surface area contributed by atoms with Gasteiger partial charge in [0.1, 0.15) is 22.8 Å². The average molecular weight is 684 g/mol. The minimum atomic E-state index is -1.57. The highest BCUT2D eigenvalue weighted by atomic mass is 16.6. The summed E-state index contributed by atoms with van der Waals surface area (Å²) in [6.07, 6.45) is 14.3. The lowest BCUT2D eigenvalue weighted by atomic mass is 9.51. The quantitative estimate of drug-likeness (QED) is 0.191. The second-order valence-corrected chi connectivity index (χ2v) is 16.0. The van der Waals surface area contributed by atoms with Gasteiger partial charge in [-0.15, -0.1) is 0 Å². The van der Waals surface area contributed by atoms with Crippen molar-refractivity contribution in [3.8, 4) is 17.2 Å². The number of nitrogens with zero attached hydrogens (tertiary/aromatic N) is 1. The fraction of sp³-hybridized carbons (Fsp3) is 0.548. The van der Waals surface area contributed by atoms with E-state index in [9.17, 15) is 24.6 Å². The van der Waals surface area contributed by atoms with Crippen LogP contribution in [0.2, 0.25) is 0 Å². The number of benzene rings is 1. The zero-order chi connectivity index (χ0) is 36.3. The fourth-order valence-electron chi connectivity index (χ4n) is 8.97. The number of phenols is 2. The van der Waals surface area contributed by atoms with E-state index in [1.165, 1.54) is 5.57 Å². The lowest BCUT2D eigenvalue weighted by molar-refractivity contribution is -0.171. The summed E-state index contributed by atoms with van der Waals surface area (Å²) in [6.45, 7) is 17.1. The van der Waals surface area contributed by atoms with E-state index in [0.29, 0.717) is 36.2 Å². The minimum absolute atomic E-state index is 0.0192. The van der Waals surface area contributed by atoms with Crippen molar-refractivity contribution in [1.82, 2.24) is 4.90 Å². The Morgan fingerprint density at radius 3 is 2.24 bits per heavy atom. The number of ketones is 2. The second-order valence-electron chi connectivity index (χ2n) is 16.0. The molecule has 2 N–H and O–H groups in total. The maximum atomic E-state index is 14.9. The monoisotopic (exact) mass is 683 g/mol. The number of ether oxygens (including phenoxy) is 2. The molecular formula is C42H53NO7. The van der Waals surface area contributed by atoms with Gasteiger partial charge >= 0.3 is 0 Å². The van der Waals surface area contributed by atoms with Crippen molar-refractivity contribution in [2.45, 2.75) is 124 Å². The van der Waals surface area contributed by atoms with Gasteiger partial charge in [0.25, 0.3) is 0 Å². The Morgan fingerprint density at radius 2 is 1.58 bits per heavy atom. The van der Waals surface area contributed by atoms with E-state index in [0.717, 1.165) is 36.8 Å². The molecule has 4 bridgehead atoms. The average Bonchev–Trinajstić information content (AvgIpc) is 3.63. The van der Waals surface area contributed by atoms with Gasteiger partial charge in [0.15, 0.2) is 22.8 Å². The maximum Gasteiger partial charge on any atom is 0.249 e. The summed E-state index contributed by atoms with van der Waals surface area (Å²) in [4.78, 5) is 44.5. The third-order valence-electron chi connectivity index (χ3n) is 11.6. The molecule has 3 fully saturated rings. The highest BCUT2D eigenvalue weighted by Gasteiger charge is 2.81. The zero-order valence-electron chi connectivity index (χ0n) is 31.0. The van der Waals surface area contributed by atoms with Gasteiger partial charge in [-0.05, 0) is 100 Å². The lowest BCUT2D eigenvalue weighted by Crippen LogP contribution is -2.72. The van der Waals surface area contributed by atoms with Crippen molar-refractivity contribution in [2.24, 2.45) is 11.8 Å². The van der Waals surface area contributed by atoms with Gasteiger partial charge in [-0.3, -0.25) is 14.4 Å². The number of phenolic OH excluding ortho intramolecular Hbond substituents is 2. The molecule has 1 amide bonds. The Morgan fingerprint density at radius 1 is 0.920 bits per heavy atom. The van der Waals surface area contributed by atoms with Gasteiger partial charge in [0.2, 0.25) is 5.91 Å². The second kappa shape index (κ2) is 13.0. The van der Waals surface area contributed by atoms with Crippen molar-refractivity contribution in [2.75, 3.05) is 13.1 Å². The van der Waals surface area contributed by atoms with Crippen LogP contribution in [-0.4, -0.2) is 62.5 Å². The number of amides is 1. The van der Waals surface area contributed by atoms with Crippen LogP contribution < -0.4 is 4.74 Å². The van der Waals surface area contributed by atoms with Gasteiger partial charge in [-0.2, -0.15) is 0 Å².